The summed E-state index contributed by atoms with van der Waals surface area (Å²) in [5.74, 6) is 0.176. The van der Waals surface area contributed by atoms with Gasteiger partial charge in [-0.05, 0) is 53.3 Å². The molecule has 0 heterocycles. The summed E-state index contributed by atoms with van der Waals surface area (Å²) in [6, 6.07) is 13.9. The third-order valence-corrected chi connectivity index (χ3v) is 5.67. The number of carbonyl (C=O) groups is 1. The molecule has 0 N–H and O–H groups in total. The molecule has 1 amide bonds. The lowest BCUT2D eigenvalue weighted by atomic mass is 10.2. The van der Waals surface area contributed by atoms with Crippen LogP contribution in [-0.2, 0) is 0 Å². The van der Waals surface area contributed by atoms with Crippen molar-refractivity contribution in [2.75, 3.05) is 10.9 Å². The highest BCUT2D eigenvalue weighted by molar-refractivity contribution is 14.1. The molecular weight excluding hydrogens is 523 g/mol. The minimum atomic E-state index is -2.66. The molecule has 0 atom stereocenters. The van der Waals surface area contributed by atoms with Crippen LogP contribution in [0, 0.1) is 3.57 Å². The Hall–Kier alpha value is -0.700. The van der Waals surface area contributed by atoms with Gasteiger partial charge in [0.2, 0.25) is 0 Å². The van der Waals surface area contributed by atoms with Crippen LogP contribution >= 0.6 is 57.7 Å². The van der Waals surface area contributed by atoms with Gasteiger partial charge in [0, 0.05) is 21.6 Å². The van der Waals surface area contributed by atoms with Crippen molar-refractivity contribution in [1.29, 1.82) is 0 Å². The highest BCUT2D eigenvalue weighted by Crippen LogP contribution is 2.42. The first kappa shape index (κ1) is 22.6. The molecule has 0 saturated heterocycles. The molecule has 0 bridgehead atoms. The van der Waals surface area contributed by atoms with Crippen molar-refractivity contribution in [2.24, 2.45) is 0 Å². The summed E-state index contributed by atoms with van der Waals surface area (Å²) in [5, 5.41) is 0. The average molecular weight is 542 g/mol. The highest BCUT2D eigenvalue weighted by atomic mass is 127. The Morgan fingerprint density at radius 2 is 1.96 bits per heavy atom. The number of nitrogens with zero attached hydrogens (tertiary/aromatic N) is 1. The number of alkyl halides is 3. The first-order chi connectivity index (χ1) is 12.8. The summed E-state index contributed by atoms with van der Waals surface area (Å²) in [5.41, 5.74) is 0.860. The number of unbranched alkanes of at least 4 members (excludes halogenated alkanes) is 2. The van der Waals surface area contributed by atoms with Crippen LogP contribution in [0.4, 0.5) is 10.1 Å². The van der Waals surface area contributed by atoms with Gasteiger partial charge in [0.1, 0.15) is 5.75 Å². The zero-order chi connectivity index (χ0) is 19.9. The topological polar surface area (TPSA) is 29.5 Å². The third kappa shape index (κ3) is 7.33. The third-order valence-electron chi connectivity index (χ3n) is 3.55. The van der Waals surface area contributed by atoms with Crippen LogP contribution in [-0.4, -0.2) is 16.4 Å². The van der Waals surface area contributed by atoms with E-state index in [1.807, 2.05) is 6.07 Å². The molecular formula is C19H19Cl2FINO2S. The second-order valence-electron chi connectivity index (χ2n) is 5.67. The Kier molecular flexibility index (Phi) is 8.98. The van der Waals surface area contributed by atoms with E-state index in [9.17, 15) is 9.18 Å². The summed E-state index contributed by atoms with van der Waals surface area (Å²) < 4.78 is 18.9. The van der Waals surface area contributed by atoms with Gasteiger partial charge in [-0.15, -0.1) is 0 Å². The molecule has 0 aliphatic heterocycles. The molecule has 0 fully saturated rings. The zero-order valence-electron chi connectivity index (χ0n) is 14.6. The number of hydrogen-bond acceptors (Lipinski definition) is 3. The van der Waals surface area contributed by atoms with E-state index in [1.165, 1.54) is 0 Å². The second kappa shape index (κ2) is 10.7. The van der Waals surface area contributed by atoms with Crippen LogP contribution in [0.25, 0.3) is 0 Å². The smallest absolute Gasteiger partial charge is 0.324 e. The van der Waals surface area contributed by atoms with Crippen molar-refractivity contribution >= 4 is 69.3 Å². The first-order valence-corrected chi connectivity index (χ1v) is 11.0. The predicted molar refractivity (Wildman–Crippen MR) is 121 cm³/mol. The van der Waals surface area contributed by atoms with Crippen molar-refractivity contribution < 1.29 is 13.9 Å². The molecule has 27 heavy (non-hydrogen) atoms. The van der Waals surface area contributed by atoms with E-state index in [-0.39, 0.29) is 0 Å². The van der Waals surface area contributed by atoms with E-state index in [4.69, 9.17) is 27.9 Å². The number of rotatable bonds is 9. The molecule has 0 unspecified atom stereocenters. The number of halogens is 4. The predicted octanol–water partition coefficient (Wildman–Crippen LogP) is 7.21. The minimum absolute atomic E-state index is 0.396. The fraction of sp³-hybridized carbons (Fsp3) is 0.316. The lowest BCUT2D eigenvalue weighted by Gasteiger charge is -2.24. The fourth-order valence-electron chi connectivity index (χ4n) is 2.30. The molecule has 0 aromatic heterocycles. The molecule has 0 saturated carbocycles. The van der Waals surface area contributed by atoms with Gasteiger partial charge in [0.25, 0.3) is 5.91 Å². The summed E-state index contributed by atoms with van der Waals surface area (Å²) in [6.45, 7) is 2.70. The summed E-state index contributed by atoms with van der Waals surface area (Å²) in [6.07, 6.45) is 3.12. The van der Waals surface area contributed by atoms with Gasteiger partial charge in [0.15, 0.2) is 0 Å². The maximum Gasteiger partial charge on any atom is 0.324 e. The van der Waals surface area contributed by atoms with Crippen molar-refractivity contribution in [2.45, 2.75) is 30.1 Å². The van der Waals surface area contributed by atoms with Crippen molar-refractivity contribution in [3.8, 4) is 5.75 Å². The fourth-order valence-corrected chi connectivity index (χ4v) is 3.94. The summed E-state index contributed by atoms with van der Waals surface area (Å²) >= 11 is 13.5. The van der Waals surface area contributed by atoms with E-state index in [1.54, 1.807) is 42.5 Å². The van der Waals surface area contributed by atoms with Crippen LogP contribution in [0.1, 0.15) is 36.5 Å². The quantitative estimate of drug-likeness (QED) is 0.145. The number of ether oxygens (including phenoxy) is 1. The molecule has 0 spiro atoms. The summed E-state index contributed by atoms with van der Waals surface area (Å²) in [4.78, 5) is 13.0. The van der Waals surface area contributed by atoms with Crippen LogP contribution in [0.2, 0.25) is 0 Å². The van der Waals surface area contributed by atoms with E-state index in [0.29, 0.717) is 35.6 Å². The van der Waals surface area contributed by atoms with Gasteiger partial charge in [0.05, 0.1) is 17.9 Å². The molecule has 2 aromatic carbocycles. The molecule has 0 aliphatic carbocycles. The van der Waals surface area contributed by atoms with Crippen LogP contribution < -0.4 is 9.04 Å². The Bertz CT molecular complexity index is 773. The van der Waals surface area contributed by atoms with Crippen LogP contribution in [0.3, 0.4) is 0 Å². The van der Waals surface area contributed by atoms with Crippen molar-refractivity contribution in [3.05, 3.63) is 57.7 Å². The zero-order valence-corrected chi connectivity index (χ0v) is 19.1. The van der Waals surface area contributed by atoms with Gasteiger partial charge < -0.3 is 4.74 Å². The molecule has 0 aliphatic rings. The molecule has 0 radical (unpaired) electrons. The van der Waals surface area contributed by atoms with Crippen molar-refractivity contribution in [3.63, 3.8) is 0 Å². The number of carbonyl (C=O) groups excluding carboxylic acids is 1. The largest absolute Gasteiger partial charge is 0.494 e. The van der Waals surface area contributed by atoms with Gasteiger partial charge >= 0.3 is 3.92 Å². The van der Waals surface area contributed by atoms with Crippen molar-refractivity contribution in [1.82, 2.24) is 0 Å². The average Bonchev–Trinajstić information content (AvgIpc) is 2.63. The number of amides is 1. The SMILES string of the molecule is CCCCCOc1cccc(N(SC(F)(Cl)Cl)C(=O)c2ccccc2I)c1. The molecule has 3 nitrogen and oxygen atoms in total. The normalized spacial score (nSPS) is 11.3. The minimum Gasteiger partial charge on any atom is -0.494 e. The number of hydrogen-bond donors (Lipinski definition) is 0. The van der Waals surface area contributed by atoms with Crippen LogP contribution in [0.5, 0.6) is 5.75 Å². The monoisotopic (exact) mass is 541 g/mol. The van der Waals surface area contributed by atoms with Crippen LogP contribution in [0.15, 0.2) is 48.5 Å². The Balaban J connectivity index is 2.29. The standard InChI is InChI=1S/C19H19Cl2FINO2S/c1-2-3-6-12-26-15-9-7-8-14(13-15)24(27-19(20,21)22)18(25)16-10-4-5-11-17(16)23/h4-5,7-11,13H,2-3,6,12H2,1H3. The maximum atomic E-state index is 14.0. The molecule has 146 valence electrons. The van der Waals surface area contributed by atoms with E-state index >= 15 is 0 Å². The van der Waals surface area contributed by atoms with Gasteiger partial charge in [-0.2, -0.15) is 4.39 Å². The highest BCUT2D eigenvalue weighted by Gasteiger charge is 2.33. The Morgan fingerprint density at radius 3 is 2.63 bits per heavy atom. The van der Waals surface area contributed by atoms with E-state index in [2.05, 4.69) is 29.5 Å². The lowest BCUT2D eigenvalue weighted by Crippen LogP contribution is -2.28. The van der Waals surface area contributed by atoms with E-state index in [0.717, 1.165) is 27.1 Å². The molecule has 8 heteroatoms. The van der Waals surface area contributed by atoms with Gasteiger partial charge in [-0.25, -0.2) is 4.31 Å². The maximum absolute atomic E-state index is 14.0. The lowest BCUT2D eigenvalue weighted by molar-refractivity contribution is 0.101. The Labute approximate surface area is 186 Å². The van der Waals surface area contributed by atoms with E-state index < -0.39 is 9.83 Å². The number of anilines is 1. The summed E-state index contributed by atoms with van der Waals surface area (Å²) in [7, 11) is 0. The molecule has 2 aromatic rings. The number of benzene rings is 2. The molecule has 2 rings (SSSR count). The Morgan fingerprint density at radius 1 is 1.22 bits per heavy atom. The second-order valence-corrected chi connectivity index (χ2v) is 9.63. The van der Waals surface area contributed by atoms with Gasteiger partial charge in [-0.3, -0.25) is 4.79 Å². The van der Waals surface area contributed by atoms with Gasteiger partial charge in [-0.1, -0.05) is 61.2 Å². The first-order valence-electron chi connectivity index (χ1n) is 8.39.